The number of carbonyl (C=O) groups excluding carboxylic acids is 1. The molecule has 2 rings (SSSR count). The van der Waals surface area contributed by atoms with Crippen molar-refractivity contribution in [3.05, 3.63) is 64.4 Å². The summed E-state index contributed by atoms with van der Waals surface area (Å²) >= 11 is 5.89. The van der Waals surface area contributed by atoms with Gasteiger partial charge in [0.15, 0.2) is 5.78 Å². The minimum absolute atomic E-state index is 0.0875. The monoisotopic (exact) mass is 277 g/mol. The number of halogens is 2. The van der Waals surface area contributed by atoms with Gasteiger partial charge in [0, 0.05) is 17.3 Å². The molecule has 2 aromatic rings. The summed E-state index contributed by atoms with van der Waals surface area (Å²) in [5.41, 5.74) is 1.54. The Kier molecular flexibility index (Phi) is 4.17. The van der Waals surface area contributed by atoms with Crippen LogP contribution in [0.3, 0.4) is 0 Å². The summed E-state index contributed by atoms with van der Waals surface area (Å²) in [4.78, 5) is 11.5. The molecular weight excluding hydrogens is 265 g/mol. The lowest BCUT2D eigenvalue weighted by molar-refractivity contribution is 0.101. The first kappa shape index (κ1) is 13.6. The van der Waals surface area contributed by atoms with Crippen LogP contribution in [0, 0.1) is 5.82 Å². The molecule has 19 heavy (non-hydrogen) atoms. The molecule has 98 valence electrons. The lowest BCUT2D eigenvalue weighted by Gasteiger charge is -2.11. The molecule has 0 unspecified atom stereocenters. The number of nitrogens with one attached hydrogen (secondary N) is 1. The van der Waals surface area contributed by atoms with Gasteiger partial charge < -0.3 is 5.32 Å². The summed E-state index contributed by atoms with van der Waals surface area (Å²) in [5, 5.41) is 3.70. The van der Waals surface area contributed by atoms with E-state index in [4.69, 9.17) is 11.6 Å². The van der Waals surface area contributed by atoms with Crippen molar-refractivity contribution in [3.63, 3.8) is 0 Å². The van der Waals surface area contributed by atoms with E-state index >= 15 is 0 Å². The SMILES string of the molecule is CC(=O)c1c(F)cccc1NCc1cccc(Cl)c1. The normalized spacial score (nSPS) is 10.3. The van der Waals surface area contributed by atoms with Gasteiger partial charge in [0.25, 0.3) is 0 Å². The Morgan fingerprint density at radius 3 is 2.68 bits per heavy atom. The molecule has 0 saturated carbocycles. The summed E-state index contributed by atoms with van der Waals surface area (Å²) in [6, 6.07) is 11.9. The molecule has 0 radical (unpaired) electrons. The molecule has 0 aromatic heterocycles. The van der Waals surface area contributed by atoms with Crippen molar-refractivity contribution in [2.24, 2.45) is 0 Å². The minimum atomic E-state index is -0.511. The van der Waals surface area contributed by atoms with E-state index in [2.05, 4.69) is 5.32 Å². The first-order valence-electron chi connectivity index (χ1n) is 5.85. The highest BCUT2D eigenvalue weighted by atomic mass is 35.5. The highest BCUT2D eigenvalue weighted by Crippen LogP contribution is 2.21. The van der Waals surface area contributed by atoms with Crippen LogP contribution in [0.25, 0.3) is 0 Å². The van der Waals surface area contributed by atoms with E-state index in [9.17, 15) is 9.18 Å². The Bertz CT molecular complexity index is 613. The van der Waals surface area contributed by atoms with Gasteiger partial charge in [-0.05, 0) is 36.8 Å². The predicted molar refractivity (Wildman–Crippen MR) is 75.2 cm³/mol. The minimum Gasteiger partial charge on any atom is -0.380 e. The fraction of sp³-hybridized carbons (Fsp3) is 0.133. The topological polar surface area (TPSA) is 29.1 Å². The van der Waals surface area contributed by atoms with Crippen molar-refractivity contribution in [2.45, 2.75) is 13.5 Å². The van der Waals surface area contributed by atoms with Crippen LogP contribution < -0.4 is 5.32 Å². The third kappa shape index (κ3) is 3.32. The van der Waals surface area contributed by atoms with Crippen LogP contribution in [0.2, 0.25) is 5.02 Å². The van der Waals surface area contributed by atoms with Crippen molar-refractivity contribution < 1.29 is 9.18 Å². The first-order valence-corrected chi connectivity index (χ1v) is 6.23. The third-order valence-corrected chi connectivity index (χ3v) is 2.97. The average Bonchev–Trinajstić information content (AvgIpc) is 2.36. The molecule has 0 atom stereocenters. The molecule has 0 bridgehead atoms. The molecule has 0 saturated heterocycles. The van der Waals surface area contributed by atoms with Crippen molar-refractivity contribution >= 4 is 23.1 Å². The Morgan fingerprint density at radius 1 is 1.26 bits per heavy atom. The van der Waals surface area contributed by atoms with Crippen LogP contribution in [-0.4, -0.2) is 5.78 Å². The summed E-state index contributed by atoms with van der Waals surface area (Å²) < 4.78 is 13.6. The molecule has 0 aliphatic heterocycles. The molecule has 0 aliphatic rings. The molecule has 2 nitrogen and oxygen atoms in total. The Morgan fingerprint density at radius 2 is 2.00 bits per heavy atom. The van der Waals surface area contributed by atoms with E-state index in [0.717, 1.165) is 5.56 Å². The number of rotatable bonds is 4. The number of carbonyl (C=O) groups is 1. The number of ketones is 1. The van der Waals surface area contributed by atoms with E-state index < -0.39 is 5.82 Å². The average molecular weight is 278 g/mol. The summed E-state index contributed by atoms with van der Waals surface area (Å²) in [6.45, 7) is 1.83. The molecule has 2 aromatic carbocycles. The summed E-state index contributed by atoms with van der Waals surface area (Å²) in [6.07, 6.45) is 0. The van der Waals surface area contributed by atoms with E-state index in [1.165, 1.54) is 13.0 Å². The van der Waals surface area contributed by atoms with Crippen molar-refractivity contribution in [1.82, 2.24) is 0 Å². The van der Waals surface area contributed by atoms with Gasteiger partial charge in [-0.15, -0.1) is 0 Å². The number of benzene rings is 2. The Balaban J connectivity index is 2.20. The van der Waals surface area contributed by atoms with Gasteiger partial charge in [0.1, 0.15) is 5.82 Å². The Hall–Kier alpha value is -1.87. The van der Waals surface area contributed by atoms with Crippen molar-refractivity contribution in [1.29, 1.82) is 0 Å². The molecule has 0 fully saturated rings. The number of hydrogen-bond acceptors (Lipinski definition) is 2. The molecule has 0 heterocycles. The lowest BCUT2D eigenvalue weighted by Crippen LogP contribution is -2.07. The van der Waals surface area contributed by atoms with Gasteiger partial charge in [-0.3, -0.25) is 4.79 Å². The molecular formula is C15H13ClFNO. The first-order chi connectivity index (χ1) is 9.08. The standard InChI is InChI=1S/C15H13ClFNO/c1-10(19)15-13(17)6-3-7-14(15)18-9-11-4-2-5-12(16)8-11/h2-8,18H,9H2,1H3. The van der Waals surface area contributed by atoms with Gasteiger partial charge in [0.2, 0.25) is 0 Å². The van der Waals surface area contributed by atoms with Crippen molar-refractivity contribution in [2.75, 3.05) is 5.32 Å². The molecule has 1 N–H and O–H groups in total. The number of hydrogen-bond donors (Lipinski definition) is 1. The second-order valence-electron chi connectivity index (χ2n) is 4.20. The van der Waals surface area contributed by atoms with E-state index in [-0.39, 0.29) is 11.3 Å². The second-order valence-corrected chi connectivity index (χ2v) is 4.64. The van der Waals surface area contributed by atoms with E-state index in [0.29, 0.717) is 17.3 Å². The van der Waals surface area contributed by atoms with Crippen LogP contribution in [0.1, 0.15) is 22.8 Å². The zero-order valence-electron chi connectivity index (χ0n) is 10.4. The fourth-order valence-electron chi connectivity index (χ4n) is 1.87. The third-order valence-electron chi connectivity index (χ3n) is 2.74. The van der Waals surface area contributed by atoms with Crippen LogP contribution in [-0.2, 0) is 6.54 Å². The van der Waals surface area contributed by atoms with Crippen LogP contribution in [0.15, 0.2) is 42.5 Å². The molecule has 0 aliphatic carbocycles. The maximum atomic E-state index is 13.6. The number of anilines is 1. The van der Waals surface area contributed by atoms with Gasteiger partial charge >= 0.3 is 0 Å². The summed E-state index contributed by atoms with van der Waals surface area (Å²) in [5.74, 6) is -0.810. The predicted octanol–water partition coefficient (Wildman–Crippen LogP) is 4.29. The van der Waals surface area contributed by atoms with Gasteiger partial charge in [-0.1, -0.05) is 29.8 Å². The molecule has 4 heteroatoms. The number of Topliss-reactive ketones (excluding diaryl/α,β-unsaturated/α-hetero) is 1. The van der Waals surface area contributed by atoms with Crippen LogP contribution in [0.5, 0.6) is 0 Å². The van der Waals surface area contributed by atoms with E-state index in [1.807, 2.05) is 18.2 Å². The van der Waals surface area contributed by atoms with Gasteiger partial charge in [0.05, 0.1) is 5.56 Å². The van der Waals surface area contributed by atoms with E-state index in [1.54, 1.807) is 18.2 Å². The molecule has 0 amide bonds. The zero-order chi connectivity index (χ0) is 13.8. The maximum Gasteiger partial charge on any atom is 0.164 e. The highest BCUT2D eigenvalue weighted by Gasteiger charge is 2.12. The fourth-order valence-corrected chi connectivity index (χ4v) is 2.09. The Labute approximate surface area is 116 Å². The smallest absolute Gasteiger partial charge is 0.164 e. The zero-order valence-corrected chi connectivity index (χ0v) is 11.2. The van der Waals surface area contributed by atoms with Gasteiger partial charge in [-0.2, -0.15) is 0 Å². The maximum absolute atomic E-state index is 13.6. The van der Waals surface area contributed by atoms with Gasteiger partial charge in [-0.25, -0.2) is 4.39 Å². The largest absolute Gasteiger partial charge is 0.380 e. The van der Waals surface area contributed by atoms with Crippen LogP contribution >= 0.6 is 11.6 Å². The molecule has 0 spiro atoms. The second kappa shape index (κ2) is 5.85. The lowest BCUT2D eigenvalue weighted by atomic mass is 10.1. The van der Waals surface area contributed by atoms with Crippen molar-refractivity contribution in [3.8, 4) is 0 Å². The quantitative estimate of drug-likeness (QED) is 0.845. The summed E-state index contributed by atoms with van der Waals surface area (Å²) in [7, 11) is 0. The van der Waals surface area contributed by atoms with Crippen LogP contribution in [0.4, 0.5) is 10.1 Å². The highest BCUT2D eigenvalue weighted by molar-refractivity contribution is 6.30.